The maximum atomic E-state index is 12.4. The van der Waals surface area contributed by atoms with Crippen molar-refractivity contribution in [2.24, 2.45) is 0 Å². The number of furan rings is 1. The predicted molar refractivity (Wildman–Crippen MR) is 53.6 cm³/mol. The van der Waals surface area contributed by atoms with E-state index in [1.54, 1.807) is 12.1 Å². The number of halogens is 3. The molecule has 1 aromatic carbocycles. The van der Waals surface area contributed by atoms with E-state index in [0.717, 1.165) is 12.1 Å². The van der Waals surface area contributed by atoms with E-state index in [1.165, 1.54) is 12.3 Å². The molecule has 0 spiro atoms. The molecule has 2 N–H and O–H groups in total. The van der Waals surface area contributed by atoms with Crippen molar-refractivity contribution in [2.75, 3.05) is 5.73 Å². The minimum Gasteiger partial charge on any atom is -0.464 e. The second-order valence-electron chi connectivity index (χ2n) is 3.28. The molecule has 2 nitrogen and oxygen atoms in total. The van der Waals surface area contributed by atoms with Gasteiger partial charge in [0, 0.05) is 11.3 Å². The Labute approximate surface area is 89.5 Å². The second kappa shape index (κ2) is 3.59. The summed E-state index contributed by atoms with van der Waals surface area (Å²) in [6.45, 7) is 0. The molecule has 0 bridgehead atoms. The fourth-order valence-corrected chi connectivity index (χ4v) is 1.40. The van der Waals surface area contributed by atoms with Crippen LogP contribution in [0.3, 0.4) is 0 Å². The van der Waals surface area contributed by atoms with Gasteiger partial charge in [0.25, 0.3) is 0 Å². The predicted octanol–water partition coefficient (Wildman–Crippen LogP) is 3.55. The Morgan fingerprint density at radius 3 is 2.38 bits per heavy atom. The first kappa shape index (κ1) is 10.6. The molecule has 5 heteroatoms. The molecule has 2 rings (SSSR count). The molecule has 84 valence electrons. The van der Waals surface area contributed by atoms with Crippen LogP contribution in [-0.4, -0.2) is 0 Å². The first-order valence-electron chi connectivity index (χ1n) is 4.49. The Bertz CT molecular complexity index is 488. The van der Waals surface area contributed by atoms with Crippen LogP contribution < -0.4 is 5.73 Å². The molecular formula is C11H8F3NO. The summed E-state index contributed by atoms with van der Waals surface area (Å²) in [5, 5.41) is 0. The number of rotatable bonds is 1. The number of hydrogen-bond donors (Lipinski definition) is 1. The van der Waals surface area contributed by atoms with E-state index in [1.807, 2.05) is 0 Å². The maximum Gasteiger partial charge on any atom is 0.416 e. The molecule has 0 atom stereocenters. The van der Waals surface area contributed by atoms with E-state index < -0.39 is 11.7 Å². The van der Waals surface area contributed by atoms with Crippen LogP contribution in [0.1, 0.15) is 5.56 Å². The van der Waals surface area contributed by atoms with Gasteiger partial charge in [0.15, 0.2) is 0 Å². The summed E-state index contributed by atoms with van der Waals surface area (Å²) in [5.41, 5.74) is 5.29. The highest BCUT2D eigenvalue weighted by molar-refractivity contribution is 5.73. The topological polar surface area (TPSA) is 39.2 Å². The standard InChI is InChI=1S/C11H8F3NO/c12-11(13,14)7-3-4-8(9(15)6-7)10-2-1-5-16-10/h1-6H,15H2. The second-order valence-corrected chi connectivity index (χ2v) is 3.28. The highest BCUT2D eigenvalue weighted by Crippen LogP contribution is 2.34. The molecule has 0 aliphatic rings. The SMILES string of the molecule is Nc1cc(C(F)(F)F)ccc1-c1ccco1. The van der Waals surface area contributed by atoms with Crippen LogP contribution in [0.25, 0.3) is 11.3 Å². The minimum atomic E-state index is -4.38. The van der Waals surface area contributed by atoms with Gasteiger partial charge in [0.05, 0.1) is 11.8 Å². The lowest BCUT2D eigenvalue weighted by Crippen LogP contribution is -2.05. The molecule has 0 aliphatic carbocycles. The summed E-state index contributed by atoms with van der Waals surface area (Å²) in [6, 6.07) is 6.47. The van der Waals surface area contributed by atoms with Gasteiger partial charge in [-0.3, -0.25) is 0 Å². The van der Waals surface area contributed by atoms with Crippen molar-refractivity contribution in [3.63, 3.8) is 0 Å². The average molecular weight is 227 g/mol. The Morgan fingerprint density at radius 1 is 1.12 bits per heavy atom. The zero-order chi connectivity index (χ0) is 11.8. The smallest absolute Gasteiger partial charge is 0.416 e. The van der Waals surface area contributed by atoms with Crippen molar-refractivity contribution in [3.8, 4) is 11.3 Å². The molecule has 16 heavy (non-hydrogen) atoms. The lowest BCUT2D eigenvalue weighted by atomic mass is 10.1. The molecule has 0 radical (unpaired) electrons. The third-order valence-electron chi connectivity index (χ3n) is 2.17. The Morgan fingerprint density at radius 2 is 1.88 bits per heavy atom. The summed E-state index contributed by atoms with van der Waals surface area (Å²) in [7, 11) is 0. The van der Waals surface area contributed by atoms with Gasteiger partial charge in [0.2, 0.25) is 0 Å². The van der Waals surface area contributed by atoms with Crippen LogP contribution in [0, 0.1) is 0 Å². The summed E-state index contributed by atoms with van der Waals surface area (Å²) in [6.07, 6.45) is -2.94. The van der Waals surface area contributed by atoms with Crippen LogP contribution >= 0.6 is 0 Å². The highest BCUT2D eigenvalue weighted by atomic mass is 19.4. The third-order valence-corrected chi connectivity index (χ3v) is 2.17. The molecule has 0 unspecified atom stereocenters. The molecule has 0 saturated carbocycles. The Hall–Kier alpha value is -1.91. The van der Waals surface area contributed by atoms with Crippen molar-refractivity contribution >= 4 is 5.69 Å². The molecular weight excluding hydrogens is 219 g/mol. The van der Waals surface area contributed by atoms with E-state index in [0.29, 0.717) is 11.3 Å². The van der Waals surface area contributed by atoms with Gasteiger partial charge in [-0.25, -0.2) is 0 Å². The lowest BCUT2D eigenvalue weighted by molar-refractivity contribution is -0.137. The molecule has 0 saturated heterocycles. The van der Waals surface area contributed by atoms with Gasteiger partial charge in [-0.1, -0.05) is 0 Å². The number of hydrogen-bond acceptors (Lipinski definition) is 2. The van der Waals surface area contributed by atoms with Crippen LogP contribution in [0.15, 0.2) is 41.0 Å². The van der Waals surface area contributed by atoms with Crippen LogP contribution in [-0.2, 0) is 6.18 Å². The first-order chi connectivity index (χ1) is 7.48. The molecule has 0 fully saturated rings. The largest absolute Gasteiger partial charge is 0.464 e. The van der Waals surface area contributed by atoms with Crippen molar-refractivity contribution < 1.29 is 17.6 Å². The monoisotopic (exact) mass is 227 g/mol. The molecule has 2 aromatic rings. The van der Waals surface area contributed by atoms with Crippen molar-refractivity contribution in [1.82, 2.24) is 0 Å². The van der Waals surface area contributed by atoms with E-state index in [4.69, 9.17) is 10.2 Å². The fraction of sp³-hybridized carbons (Fsp3) is 0.0909. The third kappa shape index (κ3) is 1.88. The van der Waals surface area contributed by atoms with Gasteiger partial charge in [-0.2, -0.15) is 13.2 Å². The van der Waals surface area contributed by atoms with E-state index >= 15 is 0 Å². The number of anilines is 1. The fourth-order valence-electron chi connectivity index (χ4n) is 1.40. The van der Waals surface area contributed by atoms with Gasteiger partial charge in [-0.05, 0) is 30.3 Å². The van der Waals surface area contributed by atoms with Gasteiger partial charge >= 0.3 is 6.18 Å². The normalized spacial score (nSPS) is 11.7. The summed E-state index contributed by atoms with van der Waals surface area (Å²) >= 11 is 0. The van der Waals surface area contributed by atoms with Crippen LogP contribution in [0.5, 0.6) is 0 Å². The van der Waals surface area contributed by atoms with Crippen molar-refractivity contribution in [3.05, 3.63) is 42.2 Å². The van der Waals surface area contributed by atoms with Crippen molar-refractivity contribution in [2.45, 2.75) is 6.18 Å². The highest BCUT2D eigenvalue weighted by Gasteiger charge is 2.30. The molecule has 0 aliphatic heterocycles. The quantitative estimate of drug-likeness (QED) is 0.756. The molecule has 1 heterocycles. The van der Waals surface area contributed by atoms with E-state index in [-0.39, 0.29) is 5.69 Å². The van der Waals surface area contributed by atoms with Crippen molar-refractivity contribution in [1.29, 1.82) is 0 Å². The molecule has 0 amide bonds. The number of nitrogens with two attached hydrogens (primary N) is 1. The lowest BCUT2D eigenvalue weighted by Gasteiger charge is -2.09. The summed E-state index contributed by atoms with van der Waals surface area (Å²) in [5.74, 6) is 0.450. The van der Waals surface area contributed by atoms with Crippen LogP contribution in [0.2, 0.25) is 0 Å². The average Bonchev–Trinajstić information content (AvgIpc) is 2.69. The zero-order valence-corrected chi connectivity index (χ0v) is 8.08. The van der Waals surface area contributed by atoms with Gasteiger partial charge in [0.1, 0.15) is 5.76 Å². The zero-order valence-electron chi connectivity index (χ0n) is 8.08. The Balaban J connectivity index is 2.46. The van der Waals surface area contributed by atoms with E-state index in [2.05, 4.69) is 0 Å². The summed E-state index contributed by atoms with van der Waals surface area (Å²) in [4.78, 5) is 0. The number of alkyl halides is 3. The number of benzene rings is 1. The van der Waals surface area contributed by atoms with Gasteiger partial charge in [-0.15, -0.1) is 0 Å². The first-order valence-corrected chi connectivity index (χ1v) is 4.49. The van der Waals surface area contributed by atoms with Crippen LogP contribution in [0.4, 0.5) is 18.9 Å². The van der Waals surface area contributed by atoms with E-state index in [9.17, 15) is 13.2 Å². The van der Waals surface area contributed by atoms with Gasteiger partial charge < -0.3 is 10.2 Å². The molecule has 1 aromatic heterocycles. The Kier molecular flexibility index (Phi) is 2.38. The number of nitrogen functional groups attached to an aromatic ring is 1. The summed E-state index contributed by atoms with van der Waals surface area (Å²) < 4.78 is 42.2. The maximum absolute atomic E-state index is 12.4. The minimum absolute atomic E-state index is 0.0461.